The van der Waals surface area contributed by atoms with Crippen molar-refractivity contribution in [3.63, 3.8) is 0 Å². The fourth-order valence-electron chi connectivity index (χ4n) is 2.45. The number of aryl methyl sites for hydroxylation is 1. The summed E-state index contributed by atoms with van der Waals surface area (Å²) in [5.74, 6) is -0.685. The highest BCUT2D eigenvalue weighted by Crippen LogP contribution is 2.28. The zero-order valence-electron chi connectivity index (χ0n) is 16.0. The second kappa shape index (κ2) is 7.97. The first-order valence-electron chi connectivity index (χ1n) is 8.59. The Hall–Kier alpha value is -3.70. The summed E-state index contributed by atoms with van der Waals surface area (Å²) in [5, 5.41) is 10.0. The van der Waals surface area contributed by atoms with Gasteiger partial charge in [0, 0.05) is 12.3 Å². The second-order valence-electron chi connectivity index (χ2n) is 6.32. The molecule has 0 aromatic carbocycles. The van der Waals surface area contributed by atoms with E-state index in [1.54, 1.807) is 6.92 Å². The molecule has 0 aliphatic rings. The Bertz CT molecular complexity index is 1070. The summed E-state index contributed by atoms with van der Waals surface area (Å²) in [6.45, 7) is 4.54. The van der Waals surface area contributed by atoms with E-state index in [0.717, 1.165) is 12.1 Å². The molecule has 0 saturated carbocycles. The molecule has 12 heteroatoms. The third kappa shape index (κ3) is 4.47. The first-order valence-corrected chi connectivity index (χ1v) is 8.59. The second-order valence-corrected chi connectivity index (χ2v) is 6.32. The van der Waals surface area contributed by atoms with Crippen LogP contribution in [0.5, 0.6) is 0 Å². The highest BCUT2D eigenvalue weighted by molar-refractivity contribution is 5.97. The van der Waals surface area contributed by atoms with E-state index in [4.69, 9.17) is 9.26 Å². The number of rotatable bonds is 5. The van der Waals surface area contributed by atoms with Crippen LogP contribution in [0.4, 0.5) is 19.0 Å². The third-order valence-electron chi connectivity index (χ3n) is 4.05. The maximum absolute atomic E-state index is 12.7. The quantitative estimate of drug-likeness (QED) is 0.628. The summed E-state index contributed by atoms with van der Waals surface area (Å²) in [4.78, 5) is 28.3. The SMILES string of the molecule is Cc1cc(NC(=O)C(C)OC(=O)c2cnn(-c3ccc(C(F)(F)F)cn3)c2C)no1. The number of hydrogen-bond donors (Lipinski definition) is 1. The lowest BCUT2D eigenvalue weighted by Crippen LogP contribution is -2.30. The van der Waals surface area contributed by atoms with Crippen LogP contribution >= 0.6 is 0 Å². The molecule has 1 unspecified atom stereocenters. The van der Waals surface area contributed by atoms with Gasteiger partial charge in [-0.25, -0.2) is 14.5 Å². The van der Waals surface area contributed by atoms with E-state index in [1.807, 2.05) is 0 Å². The van der Waals surface area contributed by atoms with Crippen LogP contribution in [0, 0.1) is 13.8 Å². The van der Waals surface area contributed by atoms with Crippen molar-refractivity contribution in [3.05, 3.63) is 53.2 Å². The van der Waals surface area contributed by atoms with Gasteiger partial charge in [-0.1, -0.05) is 5.16 Å². The minimum Gasteiger partial charge on any atom is -0.449 e. The minimum atomic E-state index is -4.51. The summed E-state index contributed by atoms with van der Waals surface area (Å²) in [7, 11) is 0. The number of amides is 1. The van der Waals surface area contributed by atoms with Crippen LogP contribution in [0.3, 0.4) is 0 Å². The number of alkyl halides is 3. The van der Waals surface area contributed by atoms with Crippen LogP contribution in [0.2, 0.25) is 0 Å². The van der Waals surface area contributed by atoms with E-state index < -0.39 is 29.7 Å². The lowest BCUT2D eigenvalue weighted by Gasteiger charge is -2.12. The van der Waals surface area contributed by atoms with Gasteiger partial charge in [0.25, 0.3) is 5.91 Å². The molecule has 3 aromatic heterocycles. The first-order chi connectivity index (χ1) is 14.1. The van der Waals surface area contributed by atoms with Crippen LogP contribution < -0.4 is 5.32 Å². The van der Waals surface area contributed by atoms with Crippen molar-refractivity contribution in [1.82, 2.24) is 19.9 Å². The zero-order chi connectivity index (χ0) is 22.1. The van der Waals surface area contributed by atoms with Gasteiger partial charge in [-0.15, -0.1) is 0 Å². The number of carbonyl (C=O) groups is 2. The monoisotopic (exact) mass is 423 g/mol. The van der Waals surface area contributed by atoms with Gasteiger partial charge >= 0.3 is 12.1 Å². The predicted octanol–water partition coefficient (Wildman–Crippen LogP) is 3.07. The third-order valence-corrected chi connectivity index (χ3v) is 4.05. The molecular formula is C18H16F3N5O4. The highest BCUT2D eigenvalue weighted by atomic mass is 19.4. The average molecular weight is 423 g/mol. The van der Waals surface area contributed by atoms with E-state index in [9.17, 15) is 22.8 Å². The van der Waals surface area contributed by atoms with Crippen molar-refractivity contribution in [2.45, 2.75) is 33.1 Å². The number of pyridine rings is 1. The Balaban J connectivity index is 1.70. The van der Waals surface area contributed by atoms with Crippen molar-refractivity contribution < 1.29 is 32.0 Å². The zero-order valence-corrected chi connectivity index (χ0v) is 16.0. The number of anilines is 1. The Morgan fingerprint density at radius 3 is 2.53 bits per heavy atom. The Kier molecular flexibility index (Phi) is 5.58. The Labute approximate surface area is 167 Å². The molecule has 0 spiro atoms. The molecule has 3 rings (SSSR count). The number of esters is 1. The van der Waals surface area contributed by atoms with Crippen molar-refractivity contribution in [2.24, 2.45) is 0 Å². The summed E-state index contributed by atoms with van der Waals surface area (Å²) < 4.78 is 49.2. The summed E-state index contributed by atoms with van der Waals surface area (Å²) in [6.07, 6.45) is -3.81. The molecule has 0 saturated heterocycles. The van der Waals surface area contributed by atoms with Crippen LogP contribution in [-0.2, 0) is 15.7 Å². The number of halogens is 3. The maximum atomic E-state index is 12.7. The van der Waals surface area contributed by atoms with Gasteiger partial charge in [-0.2, -0.15) is 18.3 Å². The molecule has 30 heavy (non-hydrogen) atoms. The average Bonchev–Trinajstić information content (AvgIpc) is 3.26. The molecular weight excluding hydrogens is 407 g/mol. The lowest BCUT2D eigenvalue weighted by molar-refractivity contribution is -0.137. The van der Waals surface area contributed by atoms with E-state index >= 15 is 0 Å². The number of carbonyl (C=O) groups excluding carboxylic acids is 2. The highest BCUT2D eigenvalue weighted by Gasteiger charge is 2.31. The summed E-state index contributed by atoms with van der Waals surface area (Å²) in [5.41, 5.74) is -0.585. The van der Waals surface area contributed by atoms with Crippen LogP contribution in [0.25, 0.3) is 5.82 Å². The fraction of sp³-hybridized carbons (Fsp3) is 0.278. The molecule has 1 N–H and O–H groups in total. The molecule has 0 aliphatic heterocycles. The fourth-order valence-corrected chi connectivity index (χ4v) is 2.45. The van der Waals surface area contributed by atoms with E-state index in [-0.39, 0.29) is 22.9 Å². The molecule has 9 nitrogen and oxygen atoms in total. The van der Waals surface area contributed by atoms with Crippen molar-refractivity contribution in [3.8, 4) is 5.82 Å². The molecule has 1 amide bonds. The molecule has 0 aliphatic carbocycles. The molecule has 3 heterocycles. The van der Waals surface area contributed by atoms with Gasteiger partial charge in [-0.3, -0.25) is 4.79 Å². The molecule has 0 fully saturated rings. The van der Waals surface area contributed by atoms with Gasteiger partial charge < -0.3 is 14.6 Å². The van der Waals surface area contributed by atoms with E-state index in [1.165, 1.54) is 30.8 Å². The predicted molar refractivity (Wildman–Crippen MR) is 95.8 cm³/mol. The smallest absolute Gasteiger partial charge is 0.417 e. The van der Waals surface area contributed by atoms with Crippen LogP contribution in [0.1, 0.15) is 34.3 Å². The molecule has 0 radical (unpaired) electrons. The van der Waals surface area contributed by atoms with Crippen molar-refractivity contribution >= 4 is 17.7 Å². The van der Waals surface area contributed by atoms with Gasteiger partial charge in [0.1, 0.15) is 11.3 Å². The molecule has 0 bridgehead atoms. The summed E-state index contributed by atoms with van der Waals surface area (Å²) >= 11 is 0. The number of hydrogen-bond acceptors (Lipinski definition) is 7. The van der Waals surface area contributed by atoms with E-state index in [0.29, 0.717) is 12.0 Å². The molecule has 3 aromatic rings. The Morgan fingerprint density at radius 2 is 1.97 bits per heavy atom. The van der Waals surface area contributed by atoms with Gasteiger partial charge in [0.15, 0.2) is 17.7 Å². The van der Waals surface area contributed by atoms with Gasteiger partial charge in [0.2, 0.25) is 0 Å². The topological polar surface area (TPSA) is 112 Å². The standard InChI is InChI=1S/C18H16F3N5O4/c1-9-6-14(25-30-9)24-16(27)11(3)29-17(28)13-8-23-26(10(13)2)15-5-4-12(7-22-15)18(19,20)21/h4-8,11H,1-3H3,(H,24,25,27). The van der Waals surface area contributed by atoms with Crippen molar-refractivity contribution in [1.29, 1.82) is 0 Å². The molecule has 158 valence electrons. The number of nitrogens with one attached hydrogen (secondary N) is 1. The van der Waals surface area contributed by atoms with Crippen LogP contribution in [0.15, 0.2) is 35.1 Å². The summed E-state index contributed by atoms with van der Waals surface area (Å²) in [6, 6.07) is 3.49. The Morgan fingerprint density at radius 1 is 1.23 bits per heavy atom. The van der Waals surface area contributed by atoms with Gasteiger partial charge in [-0.05, 0) is 32.9 Å². The number of aromatic nitrogens is 4. The first kappa shape index (κ1) is 21.0. The number of ether oxygens (including phenoxy) is 1. The van der Waals surface area contributed by atoms with E-state index in [2.05, 4.69) is 20.6 Å². The largest absolute Gasteiger partial charge is 0.449 e. The van der Waals surface area contributed by atoms with Crippen molar-refractivity contribution in [2.75, 3.05) is 5.32 Å². The minimum absolute atomic E-state index is 0.0358. The van der Waals surface area contributed by atoms with Crippen LogP contribution in [-0.4, -0.2) is 37.9 Å². The lowest BCUT2D eigenvalue weighted by atomic mass is 10.2. The number of nitrogens with zero attached hydrogens (tertiary/aromatic N) is 4. The normalized spacial score (nSPS) is 12.5. The molecule has 1 atom stereocenters. The maximum Gasteiger partial charge on any atom is 0.417 e. The van der Waals surface area contributed by atoms with Gasteiger partial charge in [0.05, 0.1) is 17.5 Å².